The molecule has 2 aliphatic rings. The van der Waals surface area contributed by atoms with Crippen LogP contribution in [0.15, 0.2) is 0 Å². The van der Waals surface area contributed by atoms with Gasteiger partial charge in [-0.1, -0.05) is 0 Å². The lowest BCUT2D eigenvalue weighted by Crippen LogP contribution is -2.51. The van der Waals surface area contributed by atoms with Gasteiger partial charge in [-0.2, -0.15) is 0 Å². The molecule has 2 aliphatic heterocycles. The molecule has 0 radical (unpaired) electrons. The lowest BCUT2D eigenvalue weighted by molar-refractivity contribution is -0.140. The van der Waals surface area contributed by atoms with Gasteiger partial charge in [-0.3, -0.25) is 0 Å². The minimum absolute atomic E-state index is 0.0225. The van der Waals surface area contributed by atoms with E-state index in [1.807, 2.05) is 0 Å². The van der Waals surface area contributed by atoms with E-state index in [1.165, 1.54) is 0 Å². The number of hydrogen-bond donors (Lipinski definition) is 2. The number of rotatable bonds is 7. The molecule has 6 nitrogen and oxygen atoms in total. The van der Waals surface area contributed by atoms with Gasteiger partial charge in [0.05, 0.1) is 51.3 Å². The molecular weight excluding hydrogens is 308 g/mol. The molecule has 0 bridgehead atoms. The highest BCUT2D eigenvalue weighted by atomic mass is 16.6. The Bertz CT molecular complexity index is 357. The van der Waals surface area contributed by atoms with E-state index in [0.717, 1.165) is 19.5 Å². The molecular formula is C18H36N2O4. The van der Waals surface area contributed by atoms with Crippen molar-refractivity contribution in [3.05, 3.63) is 0 Å². The van der Waals surface area contributed by atoms with Gasteiger partial charge in [0, 0.05) is 24.2 Å². The second-order valence-corrected chi connectivity index (χ2v) is 8.58. The minimum atomic E-state index is -0.0225. The normalized spacial score (nSPS) is 29.6. The summed E-state index contributed by atoms with van der Waals surface area (Å²) in [5, 5.41) is 7.05. The third kappa shape index (κ3) is 7.76. The molecule has 2 rings (SSSR count). The van der Waals surface area contributed by atoms with E-state index >= 15 is 0 Å². The van der Waals surface area contributed by atoms with Crippen LogP contribution in [0, 0.1) is 0 Å². The van der Waals surface area contributed by atoms with Crippen molar-refractivity contribution in [1.29, 1.82) is 0 Å². The second kappa shape index (κ2) is 8.92. The number of ether oxygens (including phenoxy) is 4. The molecule has 0 aromatic carbocycles. The summed E-state index contributed by atoms with van der Waals surface area (Å²) in [6, 6.07) is 0. The van der Waals surface area contributed by atoms with Gasteiger partial charge in [-0.15, -0.1) is 0 Å². The van der Waals surface area contributed by atoms with Crippen LogP contribution in [0.5, 0.6) is 0 Å². The molecule has 0 spiro atoms. The van der Waals surface area contributed by atoms with Gasteiger partial charge in [-0.25, -0.2) is 0 Å². The summed E-state index contributed by atoms with van der Waals surface area (Å²) in [4.78, 5) is 0. The topological polar surface area (TPSA) is 61.0 Å². The Labute approximate surface area is 146 Å². The average Bonchev–Trinajstić information content (AvgIpc) is 2.52. The van der Waals surface area contributed by atoms with Crippen molar-refractivity contribution in [3.8, 4) is 0 Å². The first-order chi connectivity index (χ1) is 11.2. The lowest BCUT2D eigenvalue weighted by atomic mass is 9.96. The van der Waals surface area contributed by atoms with E-state index in [2.05, 4.69) is 45.3 Å². The van der Waals surface area contributed by atoms with Gasteiger partial charge >= 0.3 is 0 Å². The molecule has 2 fully saturated rings. The van der Waals surface area contributed by atoms with Crippen molar-refractivity contribution in [2.45, 2.75) is 70.4 Å². The third-order valence-electron chi connectivity index (χ3n) is 4.33. The summed E-state index contributed by atoms with van der Waals surface area (Å²) >= 11 is 0. The summed E-state index contributed by atoms with van der Waals surface area (Å²) in [7, 11) is 0. The van der Waals surface area contributed by atoms with Crippen LogP contribution in [0.2, 0.25) is 0 Å². The van der Waals surface area contributed by atoms with Crippen molar-refractivity contribution >= 4 is 0 Å². The highest BCUT2D eigenvalue weighted by molar-refractivity contribution is 4.85. The summed E-state index contributed by atoms with van der Waals surface area (Å²) < 4.78 is 23.1. The highest BCUT2D eigenvalue weighted by Gasteiger charge is 2.29. The maximum atomic E-state index is 6.02. The van der Waals surface area contributed by atoms with Crippen LogP contribution >= 0.6 is 0 Å². The van der Waals surface area contributed by atoms with E-state index in [4.69, 9.17) is 18.9 Å². The highest BCUT2D eigenvalue weighted by Crippen LogP contribution is 2.19. The van der Waals surface area contributed by atoms with Crippen molar-refractivity contribution < 1.29 is 18.9 Å². The van der Waals surface area contributed by atoms with E-state index in [-0.39, 0.29) is 29.4 Å². The van der Waals surface area contributed by atoms with E-state index in [1.54, 1.807) is 0 Å². The molecule has 0 aromatic rings. The van der Waals surface area contributed by atoms with Crippen molar-refractivity contribution in [3.63, 3.8) is 0 Å². The first kappa shape index (κ1) is 20.1. The molecule has 2 N–H and O–H groups in total. The first-order valence-corrected chi connectivity index (χ1v) is 9.16. The van der Waals surface area contributed by atoms with E-state index in [9.17, 15) is 0 Å². The predicted octanol–water partition coefficient (Wildman–Crippen LogP) is 1.33. The fourth-order valence-electron chi connectivity index (χ4n) is 2.92. The molecule has 0 saturated carbocycles. The maximum Gasteiger partial charge on any atom is 0.0934 e. The zero-order chi connectivity index (χ0) is 17.6. The molecule has 142 valence electrons. The van der Waals surface area contributed by atoms with E-state index < -0.39 is 0 Å². The Morgan fingerprint density at radius 2 is 1.38 bits per heavy atom. The Morgan fingerprint density at radius 3 is 1.96 bits per heavy atom. The summed E-state index contributed by atoms with van der Waals surface area (Å²) in [5.74, 6) is 0. The Morgan fingerprint density at radius 1 is 0.750 bits per heavy atom. The molecule has 0 amide bonds. The van der Waals surface area contributed by atoms with Gasteiger partial charge in [0.1, 0.15) is 0 Å². The van der Waals surface area contributed by atoms with Crippen LogP contribution in [0.3, 0.4) is 0 Å². The molecule has 0 aliphatic carbocycles. The Kier molecular flexibility index (Phi) is 7.46. The standard InChI is InChI=1S/C18H36N2O4/c1-17(2,3)19-9-16-13-23-14(12-24-16)8-18(4,5)20-10-15-11-21-6-7-22-15/h14-16,19-20H,6-13H2,1-5H3/t14?,15-,16?/m0/s1. The van der Waals surface area contributed by atoms with Gasteiger partial charge in [-0.05, 0) is 41.0 Å². The SMILES string of the molecule is CC(C)(C)NCC1COC(CC(C)(C)NC[C@H]2COCCO2)CO1. The average molecular weight is 344 g/mol. The fraction of sp³-hybridized carbons (Fsp3) is 1.00. The maximum absolute atomic E-state index is 6.02. The first-order valence-electron chi connectivity index (χ1n) is 9.16. The van der Waals surface area contributed by atoms with Crippen LogP contribution in [0.1, 0.15) is 41.0 Å². The number of hydrogen-bond acceptors (Lipinski definition) is 6. The van der Waals surface area contributed by atoms with E-state index in [0.29, 0.717) is 33.0 Å². The number of nitrogens with one attached hydrogen (secondary N) is 2. The van der Waals surface area contributed by atoms with Crippen LogP contribution in [-0.2, 0) is 18.9 Å². The van der Waals surface area contributed by atoms with Crippen molar-refractivity contribution in [1.82, 2.24) is 10.6 Å². The van der Waals surface area contributed by atoms with Crippen LogP contribution in [-0.4, -0.2) is 75.5 Å². The van der Waals surface area contributed by atoms with Gasteiger partial charge in [0.2, 0.25) is 0 Å². The largest absolute Gasteiger partial charge is 0.376 e. The van der Waals surface area contributed by atoms with Crippen LogP contribution < -0.4 is 10.6 Å². The third-order valence-corrected chi connectivity index (χ3v) is 4.33. The smallest absolute Gasteiger partial charge is 0.0934 e. The monoisotopic (exact) mass is 344 g/mol. The molecule has 3 atom stereocenters. The second-order valence-electron chi connectivity index (χ2n) is 8.58. The zero-order valence-electron chi connectivity index (χ0n) is 16.0. The van der Waals surface area contributed by atoms with Crippen molar-refractivity contribution in [2.24, 2.45) is 0 Å². The van der Waals surface area contributed by atoms with Gasteiger partial charge < -0.3 is 29.6 Å². The quantitative estimate of drug-likeness (QED) is 0.727. The van der Waals surface area contributed by atoms with Crippen molar-refractivity contribution in [2.75, 3.05) is 46.1 Å². The summed E-state index contributed by atoms with van der Waals surface area (Å²) in [6.07, 6.45) is 1.35. The zero-order valence-corrected chi connectivity index (χ0v) is 16.0. The summed E-state index contributed by atoms with van der Waals surface area (Å²) in [6.45, 7) is 15.9. The van der Waals surface area contributed by atoms with Gasteiger partial charge in [0.25, 0.3) is 0 Å². The lowest BCUT2D eigenvalue weighted by Gasteiger charge is -2.37. The van der Waals surface area contributed by atoms with Gasteiger partial charge in [0.15, 0.2) is 0 Å². The molecule has 2 saturated heterocycles. The Balaban J connectivity index is 1.64. The molecule has 6 heteroatoms. The predicted molar refractivity (Wildman–Crippen MR) is 94.5 cm³/mol. The summed E-state index contributed by atoms with van der Waals surface area (Å²) in [5.41, 5.74) is 0.0857. The van der Waals surface area contributed by atoms with Crippen LogP contribution in [0.4, 0.5) is 0 Å². The minimum Gasteiger partial charge on any atom is -0.376 e. The Hall–Kier alpha value is -0.240. The molecule has 24 heavy (non-hydrogen) atoms. The van der Waals surface area contributed by atoms with Crippen LogP contribution in [0.25, 0.3) is 0 Å². The molecule has 2 unspecified atom stereocenters. The molecule has 2 heterocycles. The fourth-order valence-corrected chi connectivity index (χ4v) is 2.92. The molecule has 0 aromatic heterocycles.